The third kappa shape index (κ3) is 1.31. The Hall–Kier alpha value is -0.757. The molecule has 59 valence electrons. The number of hydrogen-bond acceptors (Lipinski definition) is 2. The van der Waals surface area contributed by atoms with Gasteiger partial charge in [-0.15, -0.1) is 12.4 Å². The van der Waals surface area contributed by atoms with Crippen LogP contribution >= 0.6 is 0 Å². The minimum atomic E-state index is 0. The van der Waals surface area contributed by atoms with E-state index in [4.69, 9.17) is 0 Å². The van der Waals surface area contributed by atoms with Gasteiger partial charge in [0.25, 0.3) is 0 Å². The van der Waals surface area contributed by atoms with Crippen molar-refractivity contribution < 1.29 is 19.5 Å². The van der Waals surface area contributed by atoms with E-state index in [1.165, 1.54) is 0 Å². The molecule has 0 spiro atoms. The molecule has 0 saturated carbocycles. The largest absolute Gasteiger partial charge is 0.434 e. The first-order valence-electron chi connectivity index (χ1n) is 3.04. The van der Waals surface area contributed by atoms with Gasteiger partial charge in [0.2, 0.25) is 0 Å². The van der Waals surface area contributed by atoms with Gasteiger partial charge in [0.15, 0.2) is 5.65 Å². The normalized spacial score (nSPS) is 9.55. The molecule has 0 unspecified atom stereocenters. The van der Waals surface area contributed by atoms with E-state index in [1.54, 1.807) is 23.1 Å². The fraction of sp³-hybridized carbons (Fsp3) is 0.143. The molecule has 11 heavy (non-hydrogen) atoms. The van der Waals surface area contributed by atoms with E-state index in [-0.39, 0.29) is 19.5 Å². The molecule has 0 bridgehead atoms. The topological polar surface area (TPSA) is 30.2 Å². The van der Waals surface area contributed by atoms with Crippen molar-refractivity contribution in [2.24, 2.45) is 0 Å². The summed E-state index contributed by atoms with van der Waals surface area (Å²) in [6.07, 6.45) is 5.19. The van der Waals surface area contributed by atoms with Crippen molar-refractivity contribution in [1.29, 1.82) is 0 Å². The maximum atomic E-state index is 4.09. The van der Waals surface area contributed by atoms with Crippen LogP contribution in [0, 0.1) is 13.0 Å². The fourth-order valence-corrected chi connectivity index (χ4v) is 0.900. The van der Waals surface area contributed by atoms with E-state index in [9.17, 15) is 0 Å². The van der Waals surface area contributed by atoms with Crippen LogP contribution in [0.25, 0.3) is 5.65 Å². The molecule has 0 aromatic carbocycles. The predicted molar refractivity (Wildman–Crippen MR) is 36.6 cm³/mol. The van der Waals surface area contributed by atoms with Gasteiger partial charge in [-0.1, -0.05) is 0 Å². The first-order chi connectivity index (χ1) is 4.88. The molecule has 4 heteroatoms. The zero-order valence-electron chi connectivity index (χ0n) is 5.91. The molecule has 0 fully saturated rings. The van der Waals surface area contributed by atoms with E-state index in [1.807, 2.05) is 6.92 Å². The van der Waals surface area contributed by atoms with Crippen LogP contribution in [0.15, 0.2) is 18.6 Å². The van der Waals surface area contributed by atoms with E-state index >= 15 is 0 Å². The van der Waals surface area contributed by atoms with E-state index in [0.29, 0.717) is 0 Å². The van der Waals surface area contributed by atoms with Gasteiger partial charge in [-0.05, 0) is 6.92 Å². The molecule has 2 aromatic rings. The molecule has 2 rings (SSSR count). The second kappa shape index (κ2) is 3.10. The standard InChI is InChI=1S/C7H6N3.Rh/c1-6-5-9-10-4-2-3-8-7(6)10;/h3-5H,1H3;/q-1;. The molecule has 0 atom stereocenters. The van der Waals surface area contributed by atoms with Crippen molar-refractivity contribution in [2.45, 2.75) is 6.92 Å². The van der Waals surface area contributed by atoms with Gasteiger partial charge in [0.05, 0.1) is 6.20 Å². The minimum absolute atomic E-state index is 0. The van der Waals surface area contributed by atoms with Gasteiger partial charge < -0.3 is 6.07 Å². The zero-order chi connectivity index (χ0) is 6.97. The molecule has 0 aliphatic carbocycles. The monoisotopic (exact) mass is 235 g/mol. The second-order valence-corrected chi connectivity index (χ2v) is 2.15. The molecule has 2 aromatic heterocycles. The number of nitrogens with zero attached hydrogens (tertiary/aromatic N) is 3. The van der Waals surface area contributed by atoms with Crippen LogP contribution in [0.5, 0.6) is 0 Å². The Labute approximate surface area is 77.2 Å². The summed E-state index contributed by atoms with van der Waals surface area (Å²) < 4.78 is 1.70. The summed E-state index contributed by atoms with van der Waals surface area (Å²) in [5, 5.41) is 4.04. The predicted octanol–water partition coefficient (Wildman–Crippen LogP) is 0.835. The summed E-state index contributed by atoms with van der Waals surface area (Å²) in [4.78, 5) is 4.09. The van der Waals surface area contributed by atoms with E-state index in [0.717, 1.165) is 11.2 Å². The number of aryl methyl sites for hydroxylation is 1. The average molecular weight is 235 g/mol. The third-order valence-electron chi connectivity index (χ3n) is 1.40. The van der Waals surface area contributed by atoms with Crippen molar-refractivity contribution in [3.05, 3.63) is 30.2 Å². The van der Waals surface area contributed by atoms with Gasteiger partial charge in [0.1, 0.15) is 0 Å². The second-order valence-electron chi connectivity index (χ2n) is 2.15. The van der Waals surface area contributed by atoms with Crippen LogP contribution in [0.4, 0.5) is 0 Å². The molecule has 0 saturated heterocycles. The Morgan fingerprint density at radius 1 is 1.55 bits per heavy atom. The Morgan fingerprint density at radius 2 is 2.36 bits per heavy atom. The zero-order valence-corrected chi connectivity index (χ0v) is 7.55. The quantitative estimate of drug-likeness (QED) is 0.500. The summed E-state index contributed by atoms with van der Waals surface area (Å²) in [7, 11) is 0. The molecule has 0 N–H and O–H groups in total. The van der Waals surface area contributed by atoms with Crippen LogP contribution in [0.1, 0.15) is 5.56 Å². The van der Waals surface area contributed by atoms with Crippen molar-refractivity contribution in [3.63, 3.8) is 0 Å². The van der Waals surface area contributed by atoms with Crippen molar-refractivity contribution in [2.75, 3.05) is 0 Å². The van der Waals surface area contributed by atoms with Crippen LogP contribution in [0.3, 0.4) is 0 Å². The van der Waals surface area contributed by atoms with E-state index in [2.05, 4.69) is 16.1 Å². The summed E-state index contributed by atoms with van der Waals surface area (Å²) in [6.45, 7) is 1.98. The molecule has 0 aliphatic heterocycles. The minimum Gasteiger partial charge on any atom is -0.434 e. The number of fused-ring (bicyclic) bond motifs is 1. The number of hydrogen-bond donors (Lipinski definition) is 0. The fourth-order valence-electron chi connectivity index (χ4n) is 0.900. The molecule has 2 heterocycles. The molecule has 3 nitrogen and oxygen atoms in total. The molecule has 0 amide bonds. The summed E-state index contributed by atoms with van der Waals surface area (Å²) in [6, 6.07) is 2.84. The maximum Gasteiger partial charge on any atom is 0.151 e. The van der Waals surface area contributed by atoms with Crippen LogP contribution in [-0.2, 0) is 19.5 Å². The van der Waals surface area contributed by atoms with Gasteiger partial charge >= 0.3 is 0 Å². The third-order valence-corrected chi connectivity index (χ3v) is 1.40. The maximum absolute atomic E-state index is 4.09. The number of rotatable bonds is 0. The Morgan fingerprint density at radius 3 is 3.09 bits per heavy atom. The molecular formula is C7H6N3Rh-. The first-order valence-corrected chi connectivity index (χ1v) is 3.04. The van der Waals surface area contributed by atoms with Crippen LogP contribution in [-0.4, -0.2) is 14.6 Å². The van der Waals surface area contributed by atoms with Crippen molar-refractivity contribution >= 4 is 5.65 Å². The average Bonchev–Trinajstić information content (AvgIpc) is 2.34. The van der Waals surface area contributed by atoms with Gasteiger partial charge in [-0.25, -0.2) is 0 Å². The summed E-state index contributed by atoms with van der Waals surface area (Å²) in [5.74, 6) is 0. The van der Waals surface area contributed by atoms with Crippen molar-refractivity contribution in [1.82, 2.24) is 14.6 Å². The Kier molecular flexibility index (Phi) is 2.35. The summed E-state index contributed by atoms with van der Waals surface area (Å²) in [5.41, 5.74) is 1.99. The van der Waals surface area contributed by atoms with Crippen LogP contribution in [0.2, 0.25) is 0 Å². The SMILES string of the molecule is Cc1cnn2c[c-]cnc12.[Rh]. The first kappa shape index (κ1) is 8.34. The van der Waals surface area contributed by atoms with Crippen LogP contribution < -0.4 is 0 Å². The smallest absolute Gasteiger partial charge is 0.151 e. The Balaban J connectivity index is 0.000000605. The number of aromatic nitrogens is 3. The van der Waals surface area contributed by atoms with Gasteiger partial charge in [-0.3, -0.25) is 9.50 Å². The molecule has 0 aliphatic rings. The van der Waals surface area contributed by atoms with Gasteiger partial charge in [-0.2, -0.15) is 5.10 Å². The molecular weight excluding hydrogens is 229 g/mol. The van der Waals surface area contributed by atoms with E-state index < -0.39 is 0 Å². The van der Waals surface area contributed by atoms with Crippen molar-refractivity contribution in [3.8, 4) is 0 Å². The Bertz CT molecular complexity index is 355. The molecule has 1 radical (unpaired) electrons. The van der Waals surface area contributed by atoms with Gasteiger partial charge in [0, 0.05) is 25.0 Å². The summed E-state index contributed by atoms with van der Waals surface area (Å²) >= 11 is 0.